The predicted octanol–water partition coefficient (Wildman–Crippen LogP) is 2.99. The van der Waals surface area contributed by atoms with Crippen molar-refractivity contribution in [3.05, 3.63) is 12.4 Å². The van der Waals surface area contributed by atoms with Crippen LogP contribution in [0.5, 0.6) is 0 Å². The summed E-state index contributed by atoms with van der Waals surface area (Å²) in [6.07, 6.45) is 4.50. The molecular weight excluding hydrogens is 253 g/mol. The molecule has 0 bridgehead atoms. The van der Waals surface area contributed by atoms with Gasteiger partial charge in [-0.15, -0.1) is 0 Å². The lowest BCUT2D eigenvalue weighted by atomic mass is 10.1. The number of alkyl halides is 1. The van der Waals surface area contributed by atoms with Crippen LogP contribution in [0.25, 0.3) is 0 Å². The fourth-order valence-corrected chi connectivity index (χ4v) is 2.96. The fourth-order valence-electron chi connectivity index (χ4n) is 2.96. The Morgan fingerprint density at radius 3 is 2.40 bits per heavy atom. The molecule has 1 unspecified atom stereocenters. The lowest BCUT2D eigenvalue weighted by molar-refractivity contribution is 0.172. The van der Waals surface area contributed by atoms with Gasteiger partial charge in [-0.1, -0.05) is 20.4 Å². The van der Waals surface area contributed by atoms with Crippen LogP contribution in [0, 0.1) is 0 Å². The molecular formula is C16H32FN3. The van der Waals surface area contributed by atoms with E-state index in [1.165, 1.54) is 25.8 Å². The largest absolute Gasteiger partial charge is 0.372 e. The number of rotatable bonds is 5. The summed E-state index contributed by atoms with van der Waals surface area (Å²) in [4.78, 5) is 4.62. The maximum Gasteiger partial charge on any atom is 0.103 e. The maximum atomic E-state index is 13.0. The molecule has 20 heavy (non-hydrogen) atoms. The average molecular weight is 285 g/mol. The second kappa shape index (κ2) is 9.22. The van der Waals surface area contributed by atoms with Gasteiger partial charge in [0.05, 0.1) is 5.82 Å². The van der Waals surface area contributed by atoms with Gasteiger partial charge in [-0.05, 0) is 45.7 Å². The minimum Gasteiger partial charge on any atom is -0.372 e. The molecule has 0 saturated carbocycles. The Bertz CT molecular complexity index is 275. The summed E-state index contributed by atoms with van der Waals surface area (Å²) in [6.45, 7) is 11.9. The van der Waals surface area contributed by atoms with E-state index in [1.54, 1.807) is 0 Å². The first kappa shape index (κ1) is 17.3. The van der Waals surface area contributed by atoms with Gasteiger partial charge in [-0.25, -0.2) is 4.39 Å². The van der Waals surface area contributed by atoms with E-state index in [-0.39, 0.29) is 0 Å². The highest BCUT2D eigenvalue weighted by Gasteiger charge is 2.21. The van der Waals surface area contributed by atoms with E-state index in [2.05, 4.69) is 28.7 Å². The lowest BCUT2D eigenvalue weighted by Gasteiger charge is -2.32. The summed E-state index contributed by atoms with van der Waals surface area (Å²) in [6, 6.07) is 0.724. The second-order valence-electron chi connectivity index (χ2n) is 5.60. The zero-order chi connectivity index (χ0) is 15.0. The van der Waals surface area contributed by atoms with Crippen LogP contribution in [0.1, 0.15) is 46.0 Å². The van der Waals surface area contributed by atoms with Crippen molar-refractivity contribution in [2.45, 2.75) is 58.2 Å². The molecule has 2 rings (SSSR count). The number of likely N-dealkylation sites (tertiary alicyclic amines) is 2. The second-order valence-corrected chi connectivity index (χ2v) is 5.60. The fraction of sp³-hybridized carbons (Fsp3) is 0.875. The van der Waals surface area contributed by atoms with Crippen LogP contribution in [0.4, 0.5) is 4.39 Å². The van der Waals surface area contributed by atoms with E-state index in [9.17, 15) is 4.39 Å². The Kier molecular flexibility index (Phi) is 7.97. The molecule has 4 heteroatoms. The van der Waals surface area contributed by atoms with Crippen LogP contribution in [-0.4, -0.2) is 55.2 Å². The summed E-state index contributed by atoms with van der Waals surface area (Å²) in [5.74, 6) is 0.975. The number of piperidine rings is 1. The van der Waals surface area contributed by atoms with Crippen LogP contribution >= 0.6 is 0 Å². The van der Waals surface area contributed by atoms with Gasteiger partial charge in [0.25, 0.3) is 0 Å². The quantitative estimate of drug-likeness (QED) is 0.838. The third-order valence-corrected chi connectivity index (χ3v) is 4.28. The molecule has 2 fully saturated rings. The zero-order valence-electron chi connectivity index (χ0n) is 13.5. The summed E-state index contributed by atoms with van der Waals surface area (Å²) >= 11 is 0. The molecule has 1 N–H and O–H groups in total. The van der Waals surface area contributed by atoms with E-state index < -0.39 is 6.17 Å². The van der Waals surface area contributed by atoms with Gasteiger partial charge in [0.15, 0.2) is 0 Å². The molecule has 0 amide bonds. The summed E-state index contributed by atoms with van der Waals surface area (Å²) in [7, 11) is 2.21. The lowest BCUT2D eigenvalue weighted by Crippen LogP contribution is -2.39. The first-order valence-electron chi connectivity index (χ1n) is 8.19. The molecule has 3 nitrogen and oxygen atoms in total. The van der Waals surface area contributed by atoms with Crippen molar-refractivity contribution in [2.24, 2.45) is 0 Å². The SMILES string of the molecule is C=C(NCCC1CCCN1C)N1CCC(F)CC1.CC. The highest BCUT2D eigenvalue weighted by atomic mass is 19.1. The topological polar surface area (TPSA) is 18.5 Å². The van der Waals surface area contributed by atoms with Crippen molar-refractivity contribution >= 4 is 0 Å². The summed E-state index contributed by atoms with van der Waals surface area (Å²) < 4.78 is 13.0. The summed E-state index contributed by atoms with van der Waals surface area (Å²) in [5, 5.41) is 3.40. The van der Waals surface area contributed by atoms with Gasteiger partial charge < -0.3 is 15.1 Å². The molecule has 0 aliphatic carbocycles. The standard InChI is InChI=1S/C14H26FN3.C2H6/c1-12(18-10-6-13(15)7-11-18)16-8-5-14-4-3-9-17(14)2;1-2/h13-14,16H,1,3-11H2,2H3;1-2H3. The first-order valence-corrected chi connectivity index (χ1v) is 8.19. The van der Waals surface area contributed by atoms with Crippen LogP contribution < -0.4 is 5.32 Å². The molecule has 118 valence electrons. The highest BCUT2D eigenvalue weighted by molar-refractivity contribution is 4.94. The van der Waals surface area contributed by atoms with E-state index in [4.69, 9.17) is 0 Å². The molecule has 1 atom stereocenters. The first-order chi connectivity index (χ1) is 9.66. The number of nitrogens with one attached hydrogen (secondary N) is 1. The van der Waals surface area contributed by atoms with Crippen molar-refractivity contribution < 1.29 is 4.39 Å². The minimum absolute atomic E-state index is 0.610. The van der Waals surface area contributed by atoms with Gasteiger partial charge in [0.2, 0.25) is 0 Å². The number of halogens is 1. The van der Waals surface area contributed by atoms with E-state index >= 15 is 0 Å². The third-order valence-electron chi connectivity index (χ3n) is 4.28. The van der Waals surface area contributed by atoms with Crippen LogP contribution in [-0.2, 0) is 0 Å². The number of hydrogen-bond acceptors (Lipinski definition) is 3. The van der Waals surface area contributed by atoms with E-state index in [1.807, 2.05) is 13.8 Å². The Balaban J connectivity index is 0.000000956. The molecule has 2 aliphatic heterocycles. The van der Waals surface area contributed by atoms with Crippen molar-refractivity contribution in [1.29, 1.82) is 0 Å². The Morgan fingerprint density at radius 1 is 1.20 bits per heavy atom. The molecule has 2 heterocycles. The molecule has 0 aromatic carbocycles. The van der Waals surface area contributed by atoms with Crippen molar-refractivity contribution in [2.75, 3.05) is 33.2 Å². The van der Waals surface area contributed by atoms with Crippen LogP contribution in [0.15, 0.2) is 12.4 Å². The third kappa shape index (κ3) is 5.31. The van der Waals surface area contributed by atoms with Crippen LogP contribution in [0.2, 0.25) is 0 Å². The smallest absolute Gasteiger partial charge is 0.103 e. The Labute approximate surface area is 124 Å². The predicted molar refractivity (Wildman–Crippen MR) is 84.5 cm³/mol. The monoisotopic (exact) mass is 285 g/mol. The average Bonchev–Trinajstić information content (AvgIpc) is 2.87. The van der Waals surface area contributed by atoms with Gasteiger partial charge in [-0.2, -0.15) is 0 Å². The molecule has 0 aromatic heterocycles. The summed E-state index contributed by atoms with van der Waals surface area (Å²) in [5.41, 5.74) is 0. The van der Waals surface area contributed by atoms with Crippen LogP contribution in [0.3, 0.4) is 0 Å². The number of hydrogen-bond donors (Lipinski definition) is 1. The zero-order valence-corrected chi connectivity index (χ0v) is 13.5. The van der Waals surface area contributed by atoms with Crippen molar-refractivity contribution in [3.63, 3.8) is 0 Å². The Morgan fingerprint density at radius 2 is 1.85 bits per heavy atom. The van der Waals surface area contributed by atoms with E-state index in [0.29, 0.717) is 12.8 Å². The highest BCUT2D eigenvalue weighted by Crippen LogP contribution is 2.18. The van der Waals surface area contributed by atoms with Gasteiger partial charge in [-0.3, -0.25) is 0 Å². The van der Waals surface area contributed by atoms with Gasteiger partial charge >= 0.3 is 0 Å². The van der Waals surface area contributed by atoms with E-state index in [0.717, 1.165) is 31.5 Å². The molecule has 2 saturated heterocycles. The normalized spacial score (nSPS) is 24.2. The molecule has 0 aromatic rings. The molecule has 0 radical (unpaired) electrons. The van der Waals surface area contributed by atoms with Crippen molar-refractivity contribution in [1.82, 2.24) is 15.1 Å². The molecule has 2 aliphatic rings. The maximum absolute atomic E-state index is 13.0. The number of nitrogens with zero attached hydrogens (tertiary/aromatic N) is 2. The molecule has 0 spiro atoms. The Hall–Kier alpha value is -0.770. The minimum atomic E-state index is -0.610. The van der Waals surface area contributed by atoms with Gasteiger partial charge in [0.1, 0.15) is 6.17 Å². The van der Waals surface area contributed by atoms with Crippen molar-refractivity contribution in [3.8, 4) is 0 Å². The van der Waals surface area contributed by atoms with Gasteiger partial charge in [0, 0.05) is 25.7 Å².